The predicted molar refractivity (Wildman–Crippen MR) is 83.7 cm³/mol. The van der Waals surface area contributed by atoms with Gasteiger partial charge < -0.3 is 10.1 Å². The number of aromatic nitrogens is 4. The van der Waals surface area contributed by atoms with E-state index in [-0.39, 0.29) is 12.6 Å². The minimum Gasteiger partial charge on any atom is -0.471 e. The summed E-state index contributed by atoms with van der Waals surface area (Å²) in [5.74, 6) is 0.523. The lowest BCUT2D eigenvalue weighted by molar-refractivity contribution is 0.0943. The summed E-state index contributed by atoms with van der Waals surface area (Å²) in [5.41, 5.74) is 1.27. The highest BCUT2D eigenvalue weighted by Gasteiger charge is 2.10. The minimum atomic E-state index is -0.232. The van der Waals surface area contributed by atoms with Crippen molar-refractivity contribution in [3.05, 3.63) is 66.2 Å². The number of ether oxygens (including phenoxy) is 1. The van der Waals surface area contributed by atoms with E-state index in [1.807, 2.05) is 43.4 Å². The van der Waals surface area contributed by atoms with E-state index in [4.69, 9.17) is 4.74 Å². The van der Waals surface area contributed by atoms with Crippen molar-refractivity contribution in [1.82, 2.24) is 24.9 Å². The third kappa shape index (κ3) is 3.76. The summed E-state index contributed by atoms with van der Waals surface area (Å²) >= 11 is 0. The largest absolute Gasteiger partial charge is 0.471 e. The Morgan fingerprint density at radius 1 is 1.22 bits per heavy atom. The molecule has 0 bridgehead atoms. The number of carbonyl (C=O) groups excluding carboxylic acids is 1. The number of para-hydroxylation sites is 1. The van der Waals surface area contributed by atoms with Crippen LogP contribution in [0.5, 0.6) is 5.75 Å². The maximum atomic E-state index is 12.1. The maximum absolute atomic E-state index is 12.1. The molecule has 23 heavy (non-hydrogen) atoms. The van der Waals surface area contributed by atoms with E-state index in [0.29, 0.717) is 12.2 Å². The third-order valence-corrected chi connectivity index (χ3v) is 3.33. The van der Waals surface area contributed by atoms with Crippen molar-refractivity contribution >= 4 is 5.91 Å². The second-order valence-corrected chi connectivity index (χ2v) is 4.96. The number of rotatable bonds is 6. The normalized spacial score (nSPS) is 10.5. The maximum Gasteiger partial charge on any atom is 0.272 e. The van der Waals surface area contributed by atoms with Crippen molar-refractivity contribution in [3.8, 4) is 5.75 Å². The van der Waals surface area contributed by atoms with Gasteiger partial charge >= 0.3 is 0 Å². The van der Waals surface area contributed by atoms with Gasteiger partial charge in [0.05, 0.1) is 12.2 Å². The lowest BCUT2D eigenvalue weighted by Gasteiger charge is -2.06. The van der Waals surface area contributed by atoms with Gasteiger partial charge in [0, 0.05) is 19.4 Å². The molecule has 0 radical (unpaired) electrons. The average Bonchev–Trinajstić information content (AvgIpc) is 3.21. The molecule has 0 aliphatic carbocycles. The molecule has 0 unspecified atom stereocenters. The lowest BCUT2D eigenvalue weighted by Crippen LogP contribution is -2.24. The Balaban J connectivity index is 1.54. The Morgan fingerprint density at radius 2 is 2.04 bits per heavy atom. The molecule has 2 heterocycles. The summed E-state index contributed by atoms with van der Waals surface area (Å²) in [4.78, 5) is 12.1. The standard InChI is InChI=1S/C16H17N5O2/c1-20-13(7-9-18-20)11-17-16(22)15-8-10-21(19-15)12-23-14-5-3-2-4-6-14/h2-10H,11-12H2,1H3,(H,17,22). The van der Waals surface area contributed by atoms with Gasteiger partial charge in [-0.15, -0.1) is 0 Å². The van der Waals surface area contributed by atoms with Gasteiger partial charge in [0.2, 0.25) is 0 Å². The van der Waals surface area contributed by atoms with Crippen LogP contribution in [0.15, 0.2) is 54.9 Å². The fourth-order valence-corrected chi connectivity index (χ4v) is 2.05. The van der Waals surface area contributed by atoms with E-state index >= 15 is 0 Å². The number of aryl methyl sites for hydroxylation is 1. The molecule has 7 heteroatoms. The van der Waals surface area contributed by atoms with E-state index < -0.39 is 0 Å². The summed E-state index contributed by atoms with van der Waals surface area (Å²) in [6.07, 6.45) is 3.40. The van der Waals surface area contributed by atoms with Gasteiger partial charge in [-0.25, -0.2) is 4.68 Å². The van der Waals surface area contributed by atoms with Crippen molar-refractivity contribution in [2.75, 3.05) is 0 Å². The molecule has 0 aliphatic rings. The zero-order valence-electron chi connectivity index (χ0n) is 12.7. The molecule has 118 valence electrons. The van der Waals surface area contributed by atoms with E-state index in [2.05, 4.69) is 15.5 Å². The fourth-order valence-electron chi connectivity index (χ4n) is 2.05. The molecule has 0 fully saturated rings. The molecule has 0 spiro atoms. The van der Waals surface area contributed by atoms with Gasteiger partial charge in [-0.2, -0.15) is 10.2 Å². The molecule has 1 aromatic carbocycles. The molecular weight excluding hydrogens is 294 g/mol. The highest BCUT2D eigenvalue weighted by Crippen LogP contribution is 2.09. The van der Waals surface area contributed by atoms with Gasteiger partial charge in [-0.05, 0) is 24.3 Å². The van der Waals surface area contributed by atoms with Gasteiger partial charge in [-0.3, -0.25) is 9.48 Å². The van der Waals surface area contributed by atoms with Crippen LogP contribution in [0.2, 0.25) is 0 Å². The van der Waals surface area contributed by atoms with E-state index in [1.54, 1.807) is 27.8 Å². The molecule has 0 aliphatic heterocycles. The van der Waals surface area contributed by atoms with Crippen LogP contribution in [-0.4, -0.2) is 25.5 Å². The molecule has 1 amide bonds. The van der Waals surface area contributed by atoms with Crippen LogP contribution in [0.25, 0.3) is 0 Å². The number of carbonyl (C=O) groups is 1. The first-order valence-electron chi connectivity index (χ1n) is 7.19. The Hall–Kier alpha value is -3.09. The number of benzene rings is 1. The van der Waals surface area contributed by atoms with E-state index in [0.717, 1.165) is 11.4 Å². The zero-order chi connectivity index (χ0) is 16.1. The number of nitrogens with one attached hydrogen (secondary N) is 1. The summed E-state index contributed by atoms with van der Waals surface area (Å²) in [6, 6.07) is 13.0. The Labute approximate surface area is 133 Å². The summed E-state index contributed by atoms with van der Waals surface area (Å²) < 4.78 is 8.87. The van der Waals surface area contributed by atoms with Crippen molar-refractivity contribution in [2.24, 2.45) is 7.05 Å². The first-order valence-corrected chi connectivity index (χ1v) is 7.19. The summed E-state index contributed by atoms with van der Waals surface area (Å²) in [7, 11) is 1.83. The van der Waals surface area contributed by atoms with Crippen LogP contribution < -0.4 is 10.1 Å². The van der Waals surface area contributed by atoms with E-state index in [9.17, 15) is 4.79 Å². The van der Waals surface area contributed by atoms with Crippen molar-refractivity contribution in [1.29, 1.82) is 0 Å². The monoisotopic (exact) mass is 311 g/mol. The first kappa shape index (κ1) is 14.8. The van der Waals surface area contributed by atoms with Gasteiger partial charge in [0.25, 0.3) is 5.91 Å². The predicted octanol–water partition coefficient (Wildman–Crippen LogP) is 1.58. The molecule has 7 nitrogen and oxygen atoms in total. The Morgan fingerprint density at radius 3 is 2.78 bits per heavy atom. The number of nitrogens with zero attached hydrogens (tertiary/aromatic N) is 4. The van der Waals surface area contributed by atoms with Crippen molar-refractivity contribution in [3.63, 3.8) is 0 Å². The van der Waals surface area contributed by atoms with Crippen LogP contribution in [0, 0.1) is 0 Å². The highest BCUT2D eigenvalue weighted by molar-refractivity contribution is 5.92. The van der Waals surface area contributed by atoms with Gasteiger partial charge in [-0.1, -0.05) is 18.2 Å². The van der Waals surface area contributed by atoms with Gasteiger partial charge in [0.15, 0.2) is 6.73 Å². The third-order valence-electron chi connectivity index (χ3n) is 3.33. The highest BCUT2D eigenvalue weighted by atomic mass is 16.5. The fraction of sp³-hybridized carbons (Fsp3) is 0.188. The summed E-state index contributed by atoms with van der Waals surface area (Å²) in [5, 5.41) is 11.1. The molecule has 0 saturated heterocycles. The topological polar surface area (TPSA) is 74.0 Å². The number of hydrogen-bond donors (Lipinski definition) is 1. The molecule has 1 N–H and O–H groups in total. The Kier molecular flexibility index (Phi) is 4.37. The molecule has 3 aromatic rings. The van der Waals surface area contributed by atoms with E-state index in [1.165, 1.54) is 0 Å². The minimum absolute atomic E-state index is 0.232. The smallest absolute Gasteiger partial charge is 0.272 e. The summed E-state index contributed by atoms with van der Waals surface area (Å²) in [6.45, 7) is 0.654. The SMILES string of the molecule is Cn1nccc1CNC(=O)c1ccn(COc2ccccc2)n1. The van der Waals surface area contributed by atoms with Gasteiger partial charge in [0.1, 0.15) is 11.4 Å². The van der Waals surface area contributed by atoms with Crippen molar-refractivity contribution in [2.45, 2.75) is 13.3 Å². The van der Waals surface area contributed by atoms with Crippen LogP contribution in [-0.2, 0) is 20.3 Å². The Bertz CT molecular complexity index is 779. The molecule has 0 saturated carbocycles. The molecule has 2 aromatic heterocycles. The van der Waals surface area contributed by atoms with Crippen LogP contribution in [0.4, 0.5) is 0 Å². The quantitative estimate of drug-likeness (QED) is 0.750. The first-order chi connectivity index (χ1) is 11.2. The molecular formula is C16H17N5O2. The zero-order valence-corrected chi connectivity index (χ0v) is 12.7. The average molecular weight is 311 g/mol. The molecule has 0 atom stereocenters. The van der Waals surface area contributed by atoms with Crippen LogP contribution in [0.3, 0.4) is 0 Å². The second-order valence-electron chi connectivity index (χ2n) is 4.96. The van der Waals surface area contributed by atoms with Crippen molar-refractivity contribution < 1.29 is 9.53 Å². The second kappa shape index (κ2) is 6.78. The molecule has 3 rings (SSSR count). The number of amides is 1. The van der Waals surface area contributed by atoms with Crippen LogP contribution >= 0.6 is 0 Å². The van der Waals surface area contributed by atoms with Crippen LogP contribution in [0.1, 0.15) is 16.2 Å². The lowest BCUT2D eigenvalue weighted by atomic mass is 10.3. The number of hydrogen-bond acceptors (Lipinski definition) is 4.